The van der Waals surface area contributed by atoms with Crippen LogP contribution in [0, 0.1) is 13.8 Å². The number of aromatic nitrogens is 2. The highest BCUT2D eigenvalue weighted by molar-refractivity contribution is 14.0. The quantitative estimate of drug-likeness (QED) is 0.365. The Labute approximate surface area is 173 Å². The fourth-order valence-corrected chi connectivity index (χ4v) is 3.44. The Hall–Kier alpha value is -0.510. The lowest BCUT2D eigenvalue weighted by Crippen LogP contribution is -2.36. The van der Waals surface area contributed by atoms with Gasteiger partial charge in [-0.05, 0) is 26.8 Å². The van der Waals surface area contributed by atoms with Gasteiger partial charge in [0.2, 0.25) is 0 Å². The van der Waals surface area contributed by atoms with Gasteiger partial charge in [-0.1, -0.05) is 23.2 Å². The van der Waals surface area contributed by atoms with Crippen LogP contribution in [0.15, 0.2) is 11.1 Å². The lowest BCUT2D eigenvalue weighted by atomic mass is 10.4. The number of aliphatic imine (C=N–C) groups is 1. The Bertz CT molecular complexity index is 711. The van der Waals surface area contributed by atoms with E-state index in [2.05, 4.69) is 20.6 Å². The maximum Gasteiger partial charge on any atom is 0.191 e. The van der Waals surface area contributed by atoms with E-state index < -0.39 is 0 Å². The van der Waals surface area contributed by atoms with Crippen LogP contribution in [-0.4, -0.2) is 22.1 Å². The first-order valence-corrected chi connectivity index (χ1v) is 8.94. The summed E-state index contributed by atoms with van der Waals surface area (Å²) in [5.74, 6) is 0.756. The first-order chi connectivity index (χ1) is 10.9. The van der Waals surface area contributed by atoms with E-state index in [1.807, 2.05) is 38.5 Å². The molecule has 0 unspecified atom stereocenters. The van der Waals surface area contributed by atoms with E-state index in [0.29, 0.717) is 23.3 Å². The summed E-state index contributed by atoms with van der Waals surface area (Å²) in [7, 11) is 1.88. The van der Waals surface area contributed by atoms with Crippen molar-refractivity contribution in [2.75, 3.05) is 6.54 Å². The van der Waals surface area contributed by atoms with Gasteiger partial charge >= 0.3 is 0 Å². The second kappa shape index (κ2) is 9.84. The van der Waals surface area contributed by atoms with Crippen molar-refractivity contribution < 1.29 is 0 Å². The molecule has 0 radical (unpaired) electrons. The SMILES string of the molecule is CCNC(=NCc1cc(Cl)c(Cl)n1C)NCc1sc(C)nc1C.I. The van der Waals surface area contributed by atoms with Crippen molar-refractivity contribution >= 4 is 64.5 Å². The largest absolute Gasteiger partial charge is 0.357 e. The molecule has 9 heteroatoms. The molecule has 0 aromatic carbocycles. The number of hydrogen-bond donors (Lipinski definition) is 2. The number of aryl methyl sites for hydroxylation is 2. The first kappa shape index (κ1) is 21.5. The maximum absolute atomic E-state index is 6.08. The molecular weight excluding hydrogens is 480 g/mol. The smallest absolute Gasteiger partial charge is 0.191 e. The second-order valence-electron chi connectivity index (χ2n) is 5.12. The van der Waals surface area contributed by atoms with Gasteiger partial charge in [0.05, 0.1) is 28.8 Å². The van der Waals surface area contributed by atoms with E-state index in [4.69, 9.17) is 23.2 Å². The lowest BCUT2D eigenvalue weighted by Gasteiger charge is -2.11. The van der Waals surface area contributed by atoms with Crippen LogP contribution in [-0.2, 0) is 20.1 Å². The summed E-state index contributed by atoms with van der Waals surface area (Å²) in [6.07, 6.45) is 0. The fraction of sp³-hybridized carbons (Fsp3) is 0.467. The third-order valence-corrected chi connectivity index (χ3v) is 5.29. The van der Waals surface area contributed by atoms with Crippen LogP contribution in [0.1, 0.15) is 28.2 Å². The Morgan fingerprint density at radius 2 is 2.04 bits per heavy atom. The number of halogens is 3. The van der Waals surface area contributed by atoms with Crippen LogP contribution in [0.4, 0.5) is 0 Å². The zero-order valence-electron chi connectivity index (χ0n) is 14.1. The van der Waals surface area contributed by atoms with Crippen molar-refractivity contribution in [2.45, 2.75) is 33.9 Å². The molecule has 0 spiro atoms. The summed E-state index contributed by atoms with van der Waals surface area (Å²) in [5.41, 5.74) is 2.03. The van der Waals surface area contributed by atoms with Crippen molar-refractivity contribution in [3.63, 3.8) is 0 Å². The van der Waals surface area contributed by atoms with Crippen molar-refractivity contribution in [3.05, 3.63) is 37.5 Å². The summed E-state index contributed by atoms with van der Waals surface area (Å²) in [4.78, 5) is 10.2. The molecule has 0 aliphatic rings. The molecule has 134 valence electrons. The summed E-state index contributed by atoms with van der Waals surface area (Å²) < 4.78 is 1.84. The van der Waals surface area contributed by atoms with Gasteiger partial charge in [-0.25, -0.2) is 9.98 Å². The number of guanidine groups is 1. The Kier molecular flexibility index (Phi) is 8.83. The molecule has 0 amide bonds. The first-order valence-electron chi connectivity index (χ1n) is 7.37. The Morgan fingerprint density at radius 1 is 1.33 bits per heavy atom. The molecule has 2 N–H and O–H groups in total. The van der Waals surface area contributed by atoms with Gasteiger partial charge in [0.15, 0.2) is 5.96 Å². The summed E-state index contributed by atoms with van der Waals surface area (Å²) in [5, 5.41) is 8.73. The van der Waals surface area contributed by atoms with Crippen LogP contribution in [0.2, 0.25) is 10.2 Å². The average Bonchev–Trinajstić information content (AvgIpc) is 2.95. The van der Waals surface area contributed by atoms with E-state index in [9.17, 15) is 0 Å². The fourth-order valence-electron chi connectivity index (χ4n) is 2.14. The van der Waals surface area contributed by atoms with Crippen molar-refractivity contribution in [1.29, 1.82) is 0 Å². The number of rotatable bonds is 5. The second-order valence-corrected chi connectivity index (χ2v) is 7.18. The van der Waals surface area contributed by atoms with Crippen molar-refractivity contribution in [3.8, 4) is 0 Å². The van der Waals surface area contributed by atoms with Gasteiger partial charge in [-0.3, -0.25) is 0 Å². The van der Waals surface area contributed by atoms with Crippen LogP contribution < -0.4 is 10.6 Å². The minimum atomic E-state index is 0. The van der Waals surface area contributed by atoms with Gasteiger partial charge in [0.1, 0.15) is 5.15 Å². The monoisotopic (exact) mass is 501 g/mol. The molecule has 0 aliphatic carbocycles. The van der Waals surface area contributed by atoms with E-state index in [1.165, 1.54) is 4.88 Å². The maximum atomic E-state index is 6.08. The minimum absolute atomic E-state index is 0. The summed E-state index contributed by atoms with van der Waals surface area (Å²) in [6.45, 7) is 8.08. The molecule has 0 aliphatic heterocycles. The van der Waals surface area contributed by atoms with Crippen molar-refractivity contribution in [1.82, 2.24) is 20.2 Å². The molecule has 0 saturated carbocycles. The van der Waals surface area contributed by atoms with E-state index >= 15 is 0 Å². The molecule has 2 rings (SSSR count). The third kappa shape index (κ3) is 5.50. The number of hydrogen-bond acceptors (Lipinski definition) is 3. The standard InChI is InChI=1S/C15H21Cl2N5S.HI/c1-5-18-15(20-8-13-9(2)21-10(3)23-13)19-7-11-6-12(16)14(17)22(11)4;/h6H,5,7-8H2,1-4H3,(H2,18,19,20);1H. The number of nitrogens with zero attached hydrogens (tertiary/aromatic N) is 3. The topological polar surface area (TPSA) is 54.2 Å². The van der Waals surface area contributed by atoms with Gasteiger partial charge in [-0.15, -0.1) is 35.3 Å². The molecule has 24 heavy (non-hydrogen) atoms. The van der Waals surface area contributed by atoms with Crippen LogP contribution in [0.25, 0.3) is 0 Å². The average molecular weight is 502 g/mol. The Balaban J connectivity index is 0.00000288. The highest BCUT2D eigenvalue weighted by Crippen LogP contribution is 2.25. The molecule has 2 aromatic rings. The van der Waals surface area contributed by atoms with Crippen molar-refractivity contribution in [2.24, 2.45) is 12.0 Å². The van der Waals surface area contributed by atoms with Crippen LogP contribution in [0.3, 0.4) is 0 Å². The zero-order valence-corrected chi connectivity index (χ0v) is 18.8. The predicted molar refractivity (Wildman–Crippen MR) is 114 cm³/mol. The van der Waals surface area contributed by atoms with Gasteiger partial charge in [-0.2, -0.15) is 0 Å². The highest BCUT2D eigenvalue weighted by Gasteiger charge is 2.09. The third-order valence-electron chi connectivity index (χ3n) is 3.38. The van der Waals surface area contributed by atoms with Gasteiger partial charge < -0.3 is 15.2 Å². The van der Waals surface area contributed by atoms with E-state index in [0.717, 1.165) is 28.9 Å². The van der Waals surface area contributed by atoms with E-state index in [1.54, 1.807) is 11.3 Å². The minimum Gasteiger partial charge on any atom is -0.357 e. The molecule has 0 saturated heterocycles. The lowest BCUT2D eigenvalue weighted by molar-refractivity contribution is 0.789. The number of thiazole rings is 1. The Morgan fingerprint density at radius 3 is 2.54 bits per heavy atom. The summed E-state index contributed by atoms with van der Waals surface area (Å²) in [6, 6.07) is 1.84. The molecule has 0 bridgehead atoms. The summed E-state index contributed by atoms with van der Waals surface area (Å²) >= 11 is 13.8. The number of nitrogens with one attached hydrogen (secondary N) is 2. The van der Waals surface area contributed by atoms with Crippen LogP contribution in [0.5, 0.6) is 0 Å². The highest BCUT2D eigenvalue weighted by atomic mass is 127. The van der Waals surface area contributed by atoms with E-state index in [-0.39, 0.29) is 24.0 Å². The van der Waals surface area contributed by atoms with Crippen LogP contribution >= 0.6 is 58.5 Å². The molecular formula is C15H22Cl2IN5S. The normalized spacial score (nSPS) is 11.3. The molecule has 0 atom stereocenters. The molecule has 2 aromatic heterocycles. The van der Waals surface area contributed by atoms with Gasteiger partial charge in [0.25, 0.3) is 0 Å². The molecule has 5 nitrogen and oxygen atoms in total. The molecule has 0 fully saturated rings. The molecule has 2 heterocycles. The zero-order chi connectivity index (χ0) is 17.0. The predicted octanol–water partition coefficient (Wildman–Crippen LogP) is 4.28. The van der Waals surface area contributed by atoms with Gasteiger partial charge in [0, 0.05) is 24.2 Å².